The van der Waals surface area contributed by atoms with E-state index in [4.69, 9.17) is 9.94 Å². The highest BCUT2D eigenvalue weighted by Gasteiger charge is 2.00. The third-order valence-electron chi connectivity index (χ3n) is 3.15. The van der Waals surface area contributed by atoms with Crippen molar-refractivity contribution in [2.75, 3.05) is 0 Å². The number of pyridine rings is 2. The zero-order valence-corrected chi connectivity index (χ0v) is 15.0. The smallest absolute Gasteiger partial charge is 0.207 e. The topological polar surface area (TPSA) is 67.3 Å². The molecule has 3 rings (SSSR count). The van der Waals surface area contributed by atoms with E-state index in [0.717, 1.165) is 17.4 Å². The van der Waals surface area contributed by atoms with Gasteiger partial charge in [0.1, 0.15) is 5.69 Å². The number of rotatable bonds is 5. The number of aromatic nitrogens is 2. The van der Waals surface area contributed by atoms with Gasteiger partial charge in [-0.15, -0.1) is 0 Å². The Hall–Kier alpha value is -2.41. The first kappa shape index (κ1) is 18.9. The van der Waals surface area contributed by atoms with E-state index in [-0.39, 0.29) is 11.2 Å². The molecule has 0 amide bonds. The average Bonchev–Trinajstić information content (AvgIpc) is 2.62. The normalized spacial score (nSPS) is 10.4. The summed E-state index contributed by atoms with van der Waals surface area (Å²) >= 11 is 4.60. The van der Waals surface area contributed by atoms with Crippen LogP contribution < -0.4 is 5.48 Å². The van der Waals surface area contributed by atoms with Crippen LogP contribution >= 0.6 is 12.2 Å². The van der Waals surface area contributed by atoms with Crippen molar-refractivity contribution in [3.63, 3.8) is 0 Å². The summed E-state index contributed by atoms with van der Waals surface area (Å²) in [6.45, 7) is 4.76. The Morgan fingerprint density at radius 1 is 1.16 bits per heavy atom. The van der Waals surface area contributed by atoms with Gasteiger partial charge in [0.25, 0.3) is 0 Å². The van der Waals surface area contributed by atoms with Gasteiger partial charge in [0.15, 0.2) is 0 Å². The van der Waals surface area contributed by atoms with Gasteiger partial charge in [-0.25, -0.2) is 4.98 Å². The molecule has 2 heterocycles. The van der Waals surface area contributed by atoms with Crippen molar-refractivity contribution >= 4 is 28.2 Å². The van der Waals surface area contributed by atoms with Gasteiger partial charge in [-0.1, -0.05) is 30.3 Å². The molecule has 25 heavy (non-hydrogen) atoms. The predicted molar refractivity (Wildman–Crippen MR) is 103 cm³/mol. The first-order valence-corrected chi connectivity index (χ1v) is 8.33. The SMILES string of the molecule is CC(C)ONCc1ccccc1.OC(=S)c1ccc2cnccc2n1. The summed E-state index contributed by atoms with van der Waals surface area (Å²) in [5.74, 6) is 0. The molecule has 130 valence electrons. The lowest BCUT2D eigenvalue weighted by Crippen LogP contribution is -2.18. The van der Waals surface area contributed by atoms with Crippen LogP contribution in [0.3, 0.4) is 0 Å². The van der Waals surface area contributed by atoms with Crippen LogP contribution in [0.5, 0.6) is 0 Å². The van der Waals surface area contributed by atoms with E-state index in [2.05, 4.69) is 39.8 Å². The Balaban J connectivity index is 0.000000181. The van der Waals surface area contributed by atoms with Gasteiger partial charge >= 0.3 is 0 Å². The Labute approximate surface area is 152 Å². The molecule has 0 aliphatic rings. The van der Waals surface area contributed by atoms with Crippen LogP contribution in [0.4, 0.5) is 0 Å². The number of fused-ring (bicyclic) bond motifs is 1. The van der Waals surface area contributed by atoms with Crippen molar-refractivity contribution in [3.05, 3.63) is 72.2 Å². The molecule has 6 heteroatoms. The van der Waals surface area contributed by atoms with Crippen LogP contribution in [0.2, 0.25) is 0 Å². The fourth-order valence-corrected chi connectivity index (χ4v) is 2.09. The first-order valence-electron chi connectivity index (χ1n) is 7.93. The van der Waals surface area contributed by atoms with Crippen molar-refractivity contribution in [3.8, 4) is 0 Å². The van der Waals surface area contributed by atoms with Crippen LogP contribution in [0.15, 0.2) is 60.9 Å². The van der Waals surface area contributed by atoms with Crippen molar-refractivity contribution < 1.29 is 9.94 Å². The average molecular weight is 355 g/mol. The number of hydrogen-bond acceptors (Lipinski definition) is 5. The first-order chi connectivity index (χ1) is 12.1. The predicted octanol–water partition coefficient (Wildman–Crippen LogP) is 3.98. The summed E-state index contributed by atoms with van der Waals surface area (Å²) in [5, 5.41) is 9.79. The molecule has 3 aromatic rings. The van der Waals surface area contributed by atoms with Crippen LogP contribution in [0.1, 0.15) is 25.1 Å². The Morgan fingerprint density at radius 2 is 1.92 bits per heavy atom. The third-order valence-corrected chi connectivity index (χ3v) is 3.36. The largest absolute Gasteiger partial charge is 0.497 e. The number of hydroxylamine groups is 1. The Kier molecular flexibility index (Phi) is 7.40. The van der Waals surface area contributed by atoms with Gasteiger partial charge in [-0.05, 0) is 49.8 Å². The van der Waals surface area contributed by atoms with Crippen molar-refractivity contribution in [1.82, 2.24) is 15.4 Å². The maximum atomic E-state index is 9.04. The van der Waals surface area contributed by atoms with E-state index in [0.29, 0.717) is 5.69 Å². The molecule has 0 aliphatic carbocycles. The Morgan fingerprint density at radius 3 is 2.60 bits per heavy atom. The molecule has 0 radical (unpaired) electrons. The summed E-state index contributed by atoms with van der Waals surface area (Å²) in [7, 11) is 0. The quantitative estimate of drug-likeness (QED) is 0.533. The van der Waals surface area contributed by atoms with Crippen molar-refractivity contribution in [2.24, 2.45) is 0 Å². The van der Waals surface area contributed by atoms with E-state index in [1.807, 2.05) is 38.1 Å². The summed E-state index contributed by atoms with van der Waals surface area (Å²) in [5.41, 5.74) is 5.34. The fourth-order valence-electron chi connectivity index (χ4n) is 1.97. The van der Waals surface area contributed by atoms with Gasteiger partial charge in [-0.2, -0.15) is 5.48 Å². The number of nitrogens with one attached hydrogen (secondary N) is 1. The molecule has 0 aliphatic heterocycles. The molecule has 0 unspecified atom stereocenters. The van der Waals surface area contributed by atoms with Crippen LogP contribution in [0.25, 0.3) is 10.9 Å². The lowest BCUT2D eigenvalue weighted by molar-refractivity contribution is -0.00883. The molecule has 1 aromatic carbocycles. The van der Waals surface area contributed by atoms with Crippen LogP contribution in [0, 0.1) is 0 Å². The lowest BCUT2D eigenvalue weighted by atomic mass is 10.2. The van der Waals surface area contributed by atoms with Gasteiger partial charge in [0.05, 0.1) is 11.6 Å². The second-order valence-electron chi connectivity index (χ2n) is 5.54. The summed E-state index contributed by atoms with van der Waals surface area (Å²) in [4.78, 5) is 13.3. The second kappa shape index (κ2) is 9.78. The zero-order chi connectivity index (χ0) is 18.1. The number of aliphatic hydroxyl groups is 1. The molecule has 0 saturated carbocycles. The molecule has 2 aromatic heterocycles. The van der Waals surface area contributed by atoms with Crippen molar-refractivity contribution in [2.45, 2.75) is 26.5 Å². The molecular formula is C19H21N3O2S. The highest BCUT2D eigenvalue weighted by atomic mass is 32.1. The zero-order valence-electron chi connectivity index (χ0n) is 14.2. The minimum atomic E-state index is -0.182. The summed E-state index contributed by atoms with van der Waals surface area (Å²) < 4.78 is 0. The summed E-state index contributed by atoms with van der Waals surface area (Å²) in [6, 6.07) is 15.5. The standard InChI is InChI=1S/C10H15NO.C9H6N2OS/c1-9(2)12-11-8-10-6-4-3-5-7-10;12-9(13)8-2-1-6-5-10-4-3-7(6)11-8/h3-7,9,11H,8H2,1-2H3;1-5H,(H,12,13). The second-order valence-corrected chi connectivity index (χ2v) is 5.93. The van der Waals surface area contributed by atoms with E-state index in [9.17, 15) is 0 Å². The number of benzene rings is 1. The molecule has 0 fully saturated rings. The monoisotopic (exact) mass is 355 g/mol. The molecule has 0 atom stereocenters. The van der Waals surface area contributed by atoms with E-state index < -0.39 is 0 Å². The van der Waals surface area contributed by atoms with E-state index in [1.54, 1.807) is 24.5 Å². The summed E-state index contributed by atoms with van der Waals surface area (Å²) in [6.07, 6.45) is 3.60. The number of aliphatic hydroxyl groups excluding tert-OH is 1. The highest BCUT2D eigenvalue weighted by Crippen LogP contribution is 2.10. The van der Waals surface area contributed by atoms with Gasteiger partial charge in [0, 0.05) is 24.3 Å². The van der Waals surface area contributed by atoms with Gasteiger partial charge < -0.3 is 5.11 Å². The van der Waals surface area contributed by atoms with Crippen LogP contribution in [-0.2, 0) is 11.4 Å². The van der Waals surface area contributed by atoms with Gasteiger partial charge in [0.2, 0.25) is 5.05 Å². The molecule has 0 saturated heterocycles. The Bertz CT molecular complexity index is 810. The maximum Gasteiger partial charge on any atom is 0.207 e. The molecule has 2 N–H and O–H groups in total. The minimum Gasteiger partial charge on any atom is -0.497 e. The van der Waals surface area contributed by atoms with E-state index in [1.165, 1.54) is 5.56 Å². The third kappa shape index (κ3) is 6.54. The van der Waals surface area contributed by atoms with Gasteiger partial charge in [-0.3, -0.25) is 9.82 Å². The highest BCUT2D eigenvalue weighted by molar-refractivity contribution is 7.80. The van der Waals surface area contributed by atoms with Crippen LogP contribution in [-0.4, -0.2) is 26.2 Å². The fraction of sp³-hybridized carbons (Fsp3) is 0.211. The van der Waals surface area contributed by atoms with Crippen molar-refractivity contribution in [1.29, 1.82) is 0 Å². The lowest BCUT2D eigenvalue weighted by Gasteiger charge is -2.07. The maximum absolute atomic E-state index is 9.04. The molecule has 0 spiro atoms. The molecule has 5 nitrogen and oxygen atoms in total. The number of thiocarbonyl (C=S) groups is 1. The molecule has 0 bridgehead atoms. The number of hydrogen-bond donors (Lipinski definition) is 2. The number of nitrogens with zero attached hydrogens (tertiary/aromatic N) is 2. The van der Waals surface area contributed by atoms with E-state index >= 15 is 0 Å². The minimum absolute atomic E-state index is 0.182. The molecular weight excluding hydrogens is 334 g/mol.